The molecular weight excluding hydrogens is 319 g/mol. The Morgan fingerprint density at radius 3 is 2.47 bits per heavy atom. The van der Waals surface area contributed by atoms with Crippen LogP contribution < -0.4 is 5.73 Å². The SMILES string of the molecule is Cc1cc(Br)cc([C@H](N)C(F)(F)CO)c1O.Cl. The number of phenols is 1. The van der Waals surface area contributed by atoms with E-state index in [0.29, 0.717) is 10.0 Å². The van der Waals surface area contributed by atoms with E-state index in [1.807, 2.05) is 0 Å². The van der Waals surface area contributed by atoms with Gasteiger partial charge in [-0.05, 0) is 24.6 Å². The van der Waals surface area contributed by atoms with Crippen LogP contribution in [0.1, 0.15) is 17.2 Å². The molecule has 1 aromatic rings. The van der Waals surface area contributed by atoms with Crippen molar-refractivity contribution in [2.45, 2.75) is 18.9 Å². The van der Waals surface area contributed by atoms with E-state index in [2.05, 4.69) is 15.9 Å². The quantitative estimate of drug-likeness (QED) is 0.797. The van der Waals surface area contributed by atoms with Crippen LogP contribution in [-0.2, 0) is 0 Å². The van der Waals surface area contributed by atoms with E-state index in [1.165, 1.54) is 6.07 Å². The van der Waals surface area contributed by atoms with Crippen molar-refractivity contribution < 1.29 is 19.0 Å². The first-order chi connectivity index (χ1) is 7.29. The normalized spacial score (nSPS) is 13.1. The molecule has 98 valence electrons. The van der Waals surface area contributed by atoms with Gasteiger partial charge in [0.15, 0.2) is 0 Å². The molecule has 3 nitrogen and oxygen atoms in total. The van der Waals surface area contributed by atoms with Crippen LogP contribution in [-0.4, -0.2) is 22.7 Å². The number of nitrogens with two attached hydrogens (primary N) is 1. The van der Waals surface area contributed by atoms with Gasteiger partial charge in [0.05, 0.1) is 0 Å². The fourth-order valence-corrected chi connectivity index (χ4v) is 1.91. The Labute approximate surface area is 112 Å². The second-order valence-electron chi connectivity index (χ2n) is 3.56. The smallest absolute Gasteiger partial charge is 0.289 e. The molecule has 0 saturated carbocycles. The molecular formula is C10H13BrClF2NO2. The number of rotatable bonds is 3. The van der Waals surface area contributed by atoms with Crippen molar-refractivity contribution in [1.82, 2.24) is 0 Å². The molecule has 0 fully saturated rings. The Kier molecular flexibility index (Phi) is 5.80. The van der Waals surface area contributed by atoms with Crippen molar-refractivity contribution in [1.29, 1.82) is 0 Å². The number of aromatic hydroxyl groups is 1. The van der Waals surface area contributed by atoms with E-state index in [1.54, 1.807) is 13.0 Å². The van der Waals surface area contributed by atoms with Crippen LogP contribution in [0.4, 0.5) is 8.78 Å². The first-order valence-electron chi connectivity index (χ1n) is 4.53. The maximum Gasteiger partial charge on any atom is 0.289 e. The summed E-state index contributed by atoms with van der Waals surface area (Å²) in [7, 11) is 0. The lowest BCUT2D eigenvalue weighted by molar-refractivity contribution is -0.0716. The molecule has 0 unspecified atom stereocenters. The number of benzene rings is 1. The largest absolute Gasteiger partial charge is 0.507 e. The summed E-state index contributed by atoms with van der Waals surface area (Å²) in [6.45, 7) is 0.215. The second-order valence-corrected chi connectivity index (χ2v) is 4.47. The number of aliphatic hydroxyl groups is 1. The highest BCUT2D eigenvalue weighted by atomic mass is 79.9. The molecule has 0 aliphatic carbocycles. The molecule has 4 N–H and O–H groups in total. The predicted molar refractivity (Wildman–Crippen MR) is 66.8 cm³/mol. The highest BCUT2D eigenvalue weighted by molar-refractivity contribution is 9.10. The van der Waals surface area contributed by atoms with Crippen LogP contribution in [0.2, 0.25) is 0 Å². The zero-order valence-corrected chi connectivity index (χ0v) is 11.4. The molecule has 0 heterocycles. The van der Waals surface area contributed by atoms with E-state index in [0.717, 1.165) is 0 Å². The van der Waals surface area contributed by atoms with Gasteiger partial charge < -0.3 is 15.9 Å². The summed E-state index contributed by atoms with van der Waals surface area (Å²) in [6, 6.07) is 1.16. The number of hydrogen-bond acceptors (Lipinski definition) is 3. The van der Waals surface area contributed by atoms with Crippen molar-refractivity contribution >= 4 is 28.3 Å². The number of aliphatic hydroxyl groups excluding tert-OH is 1. The minimum absolute atomic E-state index is 0. The van der Waals surface area contributed by atoms with Gasteiger partial charge in [-0.1, -0.05) is 15.9 Å². The van der Waals surface area contributed by atoms with E-state index in [4.69, 9.17) is 10.8 Å². The maximum atomic E-state index is 13.2. The molecule has 0 aliphatic heterocycles. The summed E-state index contributed by atoms with van der Waals surface area (Å²) in [4.78, 5) is 0. The minimum atomic E-state index is -3.47. The Balaban J connectivity index is 0.00000256. The average molecular weight is 333 g/mol. The lowest BCUT2D eigenvalue weighted by Gasteiger charge is -2.23. The van der Waals surface area contributed by atoms with Crippen LogP contribution in [0.15, 0.2) is 16.6 Å². The number of phenolic OH excluding ortho intramolecular Hbond substituents is 1. The molecule has 17 heavy (non-hydrogen) atoms. The molecule has 1 rings (SSSR count). The fraction of sp³-hybridized carbons (Fsp3) is 0.400. The van der Waals surface area contributed by atoms with Crippen LogP contribution in [0.3, 0.4) is 0 Å². The predicted octanol–water partition coefficient (Wildman–Crippen LogP) is 2.51. The number of aryl methyl sites for hydroxylation is 1. The topological polar surface area (TPSA) is 66.5 Å². The standard InChI is InChI=1S/C10H12BrF2NO2.ClH/c1-5-2-6(11)3-7(8(5)16)9(14)10(12,13)4-15;/h2-3,9,15-16H,4,14H2,1H3;1H/t9-;/m0./s1. The third-order valence-electron chi connectivity index (χ3n) is 2.30. The van der Waals surface area contributed by atoms with Gasteiger partial charge in [-0.3, -0.25) is 0 Å². The Morgan fingerprint density at radius 1 is 1.47 bits per heavy atom. The van der Waals surface area contributed by atoms with E-state index >= 15 is 0 Å². The zero-order chi connectivity index (χ0) is 12.5. The number of halogens is 4. The lowest BCUT2D eigenvalue weighted by Crippen LogP contribution is -2.36. The molecule has 0 amide bonds. The van der Waals surface area contributed by atoms with Gasteiger partial charge in [0.2, 0.25) is 0 Å². The molecule has 0 aliphatic rings. The van der Waals surface area contributed by atoms with Crippen LogP contribution in [0.5, 0.6) is 5.75 Å². The molecule has 0 radical (unpaired) electrons. The van der Waals surface area contributed by atoms with Crippen molar-refractivity contribution in [3.05, 3.63) is 27.7 Å². The summed E-state index contributed by atoms with van der Waals surface area (Å²) >= 11 is 3.13. The van der Waals surface area contributed by atoms with Crippen molar-refractivity contribution in [2.75, 3.05) is 6.61 Å². The molecule has 0 saturated heterocycles. The fourth-order valence-electron chi connectivity index (χ4n) is 1.32. The molecule has 1 aromatic carbocycles. The summed E-state index contributed by atoms with van der Waals surface area (Å²) in [5.41, 5.74) is 5.68. The van der Waals surface area contributed by atoms with Crippen LogP contribution >= 0.6 is 28.3 Å². The molecule has 7 heteroatoms. The lowest BCUT2D eigenvalue weighted by atomic mass is 9.99. The Morgan fingerprint density at radius 2 is 2.00 bits per heavy atom. The van der Waals surface area contributed by atoms with Gasteiger partial charge in [-0.15, -0.1) is 12.4 Å². The summed E-state index contributed by atoms with van der Waals surface area (Å²) < 4.78 is 26.9. The maximum absolute atomic E-state index is 13.2. The molecule has 1 atom stereocenters. The van der Waals surface area contributed by atoms with Crippen LogP contribution in [0.25, 0.3) is 0 Å². The van der Waals surface area contributed by atoms with Gasteiger partial charge >= 0.3 is 0 Å². The zero-order valence-electron chi connectivity index (χ0n) is 8.95. The van der Waals surface area contributed by atoms with Gasteiger partial charge in [0.1, 0.15) is 18.4 Å². The Hall–Kier alpha value is -0.430. The third-order valence-corrected chi connectivity index (χ3v) is 2.75. The first-order valence-corrected chi connectivity index (χ1v) is 5.32. The summed E-state index contributed by atoms with van der Waals surface area (Å²) in [5, 5.41) is 18.2. The van der Waals surface area contributed by atoms with E-state index < -0.39 is 18.6 Å². The Bertz CT molecular complexity index is 404. The minimum Gasteiger partial charge on any atom is -0.507 e. The monoisotopic (exact) mass is 331 g/mol. The van der Waals surface area contributed by atoms with Crippen molar-refractivity contribution in [3.8, 4) is 5.75 Å². The van der Waals surface area contributed by atoms with Gasteiger partial charge in [0.25, 0.3) is 5.92 Å². The molecule has 0 spiro atoms. The van der Waals surface area contributed by atoms with Crippen molar-refractivity contribution in [3.63, 3.8) is 0 Å². The number of alkyl halides is 2. The van der Waals surface area contributed by atoms with E-state index in [9.17, 15) is 13.9 Å². The molecule has 0 aromatic heterocycles. The average Bonchev–Trinajstić information content (AvgIpc) is 2.22. The van der Waals surface area contributed by atoms with E-state index in [-0.39, 0.29) is 23.7 Å². The van der Waals surface area contributed by atoms with Crippen LogP contribution in [0, 0.1) is 6.92 Å². The highest BCUT2D eigenvalue weighted by Crippen LogP contribution is 2.37. The number of hydrogen-bond donors (Lipinski definition) is 3. The summed E-state index contributed by atoms with van der Waals surface area (Å²) in [5.74, 6) is -3.74. The first kappa shape index (κ1) is 16.6. The third kappa shape index (κ3) is 3.51. The van der Waals surface area contributed by atoms with Gasteiger partial charge in [-0.25, -0.2) is 8.78 Å². The highest BCUT2D eigenvalue weighted by Gasteiger charge is 2.39. The molecule has 0 bridgehead atoms. The summed E-state index contributed by atoms with van der Waals surface area (Å²) in [6.07, 6.45) is 0. The second kappa shape index (κ2) is 5.95. The van der Waals surface area contributed by atoms with Gasteiger partial charge in [0, 0.05) is 10.0 Å². The van der Waals surface area contributed by atoms with Gasteiger partial charge in [-0.2, -0.15) is 0 Å². The van der Waals surface area contributed by atoms with Crippen molar-refractivity contribution in [2.24, 2.45) is 5.73 Å².